The van der Waals surface area contributed by atoms with Crippen molar-refractivity contribution < 1.29 is 5.11 Å². The van der Waals surface area contributed by atoms with Crippen LogP contribution in [0.2, 0.25) is 0 Å². The van der Waals surface area contributed by atoms with E-state index in [0.717, 1.165) is 27.9 Å². The molecule has 0 aliphatic rings. The summed E-state index contributed by atoms with van der Waals surface area (Å²) in [6, 6.07) is 12.7. The van der Waals surface area contributed by atoms with Crippen molar-refractivity contribution in [2.45, 2.75) is 59.3 Å². The molecule has 2 N–H and O–H groups in total. The minimum absolute atomic E-state index is 0.125. The summed E-state index contributed by atoms with van der Waals surface area (Å²) in [4.78, 5) is 3.58. The van der Waals surface area contributed by atoms with Crippen molar-refractivity contribution >= 4 is 10.9 Å². The van der Waals surface area contributed by atoms with Gasteiger partial charge in [0, 0.05) is 27.7 Å². The molecule has 0 spiro atoms. The highest BCUT2D eigenvalue weighted by Gasteiger charge is 2.27. The summed E-state index contributed by atoms with van der Waals surface area (Å²) in [5.41, 5.74) is 6.42. The fourth-order valence-corrected chi connectivity index (χ4v) is 3.49. The van der Waals surface area contributed by atoms with Gasteiger partial charge in [-0.25, -0.2) is 0 Å². The van der Waals surface area contributed by atoms with Gasteiger partial charge in [0.25, 0.3) is 0 Å². The number of para-hydroxylation sites is 1. The standard InChI is InChI=1S/C23H29NO/c1-14-16-10-8-9-11-19(16)24-20(14)15-12-17(22(2,3)4)21(25)18(13-15)23(5,6)7/h8-13,24-25H,1-7H3. The molecular weight excluding hydrogens is 306 g/mol. The van der Waals surface area contributed by atoms with Gasteiger partial charge in [0.2, 0.25) is 0 Å². The van der Waals surface area contributed by atoms with Crippen molar-refractivity contribution in [3.8, 4) is 17.0 Å². The summed E-state index contributed by atoms with van der Waals surface area (Å²) < 4.78 is 0. The zero-order valence-electron chi connectivity index (χ0n) is 16.4. The van der Waals surface area contributed by atoms with Crippen LogP contribution in [0.15, 0.2) is 36.4 Å². The average Bonchev–Trinajstić information content (AvgIpc) is 2.83. The third kappa shape index (κ3) is 3.06. The smallest absolute Gasteiger partial charge is 0.123 e. The number of aromatic hydroxyl groups is 1. The second kappa shape index (κ2) is 5.66. The molecule has 3 rings (SSSR count). The molecule has 0 saturated carbocycles. The fraction of sp³-hybridized carbons (Fsp3) is 0.391. The summed E-state index contributed by atoms with van der Waals surface area (Å²) >= 11 is 0. The first-order valence-corrected chi connectivity index (χ1v) is 8.96. The molecule has 25 heavy (non-hydrogen) atoms. The normalized spacial score (nSPS) is 12.8. The molecule has 1 heterocycles. The number of fused-ring (bicyclic) bond motifs is 1. The Balaban J connectivity index is 2.34. The topological polar surface area (TPSA) is 36.0 Å². The van der Waals surface area contributed by atoms with Crippen molar-refractivity contribution in [2.24, 2.45) is 0 Å². The number of nitrogens with one attached hydrogen (secondary N) is 1. The zero-order valence-corrected chi connectivity index (χ0v) is 16.4. The Hall–Kier alpha value is -2.22. The number of rotatable bonds is 1. The number of aromatic amines is 1. The Morgan fingerprint density at radius 3 is 1.84 bits per heavy atom. The molecule has 132 valence electrons. The first kappa shape index (κ1) is 17.6. The largest absolute Gasteiger partial charge is 0.507 e. The van der Waals surface area contributed by atoms with E-state index in [1.165, 1.54) is 10.9 Å². The van der Waals surface area contributed by atoms with Gasteiger partial charge in [0.15, 0.2) is 0 Å². The Bertz CT molecular complexity index is 898. The second-order valence-electron chi connectivity index (χ2n) is 9.09. The van der Waals surface area contributed by atoms with Gasteiger partial charge in [0.1, 0.15) is 5.75 Å². The summed E-state index contributed by atoms with van der Waals surface area (Å²) in [6.07, 6.45) is 0. The molecule has 0 radical (unpaired) electrons. The van der Waals surface area contributed by atoms with Gasteiger partial charge in [-0.05, 0) is 47.1 Å². The van der Waals surface area contributed by atoms with Crippen molar-refractivity contribution in [1.29, 1.82) is 0 Å². The minimum Gasteiger partial charge on any atom is -0.507 e. The van der Waals surface area contributed by atoms with Gasteiger partial charge >= 0.3 is 0 Å². The van der Waals surface area contributed by atoms with Gasteiger partial charge in [0.05, 0.1) is 0 Å². The van der Waals surface area contributed by atoms with Crippen LogP contribution in [0.5, 0.6) is 5.75 Å². The lowest BCUT2D eigenvalue weighted by Crippen LogP contribution is -2.17. The molecule has 0 amide bonds. The maximum Gasteiger partial charge on any atom is 0.123 e. The van der Waals surface area contributed by atoms with E-state index in [0.29, 0.717) is 5.75 Å². The minimum atomic E-state index is -0.125. The molecule has 0 aliphatic heterocycles. The van der Waals surface area contributed by atoms with Crippen molar-refractivity contribution in [2.75, 3.05) is 0 Å². The Kier molecular flexibility index (Phi) is 3.98. The fourth-order valence-electron chi connectivity index (χ4n) is 3.49. The van der Waals surface area contributed by atoms with E-state index in [4.69, 9.17) is 0 Å². The molecule has 2 aromatic carbocycles. The van der Waals surface area contributed by atoms with Crippen molar-refractivity contribution in [1.82, 2.24) is 4.98 Å². The predicted molar refractivity (Wildman–Crippen MR) is 108 cm³/mol. The molecule has 0 bridgehead atoms. The Labute approximate surface area is 150 Å². The Morgan fingerprint density at radius 2 is 1.36 bits per heavy atom. The highest BCUT2D eigenvalue weighted by molar-refractivity contribution is 5.90. The number of H-pyrrole nitrogens is 1. The summed E-state index contributed by atoms with van der Waals surface area (Å²) in [6.45, 7) is 15.1. The van der Waals surface area contributed by atoms with Crippen LogP contribution in [-0.4, -0.2) is 10.1 Å². The lowest BCUT2D eigenvalue weighted by atomic mass is 9.78. The predicted octanol–water partition coefficient (Wildman–Crippen LogP) is 6.44. The third-order valence-electron chi connectivity index (χ3n) is 4.98. The van der Waals surface area contributed by atoms with E-state index in [1.54, 1.807) is 0 Å². The SMILES string of the molecule is Cc1c(-c2cc(C(C)(C)C)c(O)c(C(C)(C)C)c2)[nH]c2ccccc12. The molecule has 3 aromatic rings. The highest BCUT2D eigenvalue weighted by atomic mass is 16.3. The number of phenols is 1. The quantitative estimate of drug-likeness (QED) is 0.527. The van der Waals surface area contributed by atoms with Crippen LogP contribution in [0.4, 0.5) is 0 Å². The molecule has 0 saturated heterocycles. The highest BCUT2D eigenvalue weighted by Crippen LogP contribution is 2.42. The maximum atomic E-state index is 10.9. The molecule has 1 aromatic heterocycles. The van der Waals surface area contributed by atoms with E-state index in [9.17, 15) is 5.11 Å². The molecule has 0 atom stereocenters. The zero-order chi connectivity index (χ0) is 18.6. The lowest BCUT2D eigenvalue weighted by Gasteiger charge is -2.28. The third-order valence-corrected chi connectivity index (χ3v) is 4.98. The monoisotopic (exact) mass is 335 g/mol. The van der Waals surface area contributed by atoms with Crippen LogP contribution in [0.1, 0.15) is 58.2 Å². The molecular formula is C23H29NO. The number of aromatic nitrogens is 1. The maximum absolute atomic E-state index is 10.9. The molecule has 2 heteroatoms. The summed E-state index contributed by atoms with van der Waals surface area (Å²) in [5.74, 6) is 0.428. The molecule has 0 unspecified atom stereocenters. The molecule has 0 aliphatic carbocycles. The van der Waals surface area contributed by atoms with E-state index in [-0.39, 0.29) is 10.8 Å². The summed E-state index contributed by atoms with van der Waals surface area (Å²) in [7, 11) is 0. The van der Waals surface area contributed by atoms with Gasteiger partial charge in [-0.2, -0.15) is 0 Å². The van der Waals surface area contributed by atoms with E-state index in [1.807, 2.05) is 0 Å². The average molecular weight is 335 g/mol. The van der Waals surface area contributed by atoms with Gasteiger partial charge in [-0.3, -0.25) is 0 Å². The van der Waals surface area contributed by atoms with Crippen molar-refractivity contribution in [3.05, 3.63) is 53.1 Å². The summed E-state index contributed by atoms with van der Waals surface area (Å²) in [5, 5.41) is 12.2. The molecule has 0 fully saturated rings. The number of phenolic OH excluding ortho intramolecular Hbond substituents is 1. The van der Waals surface area contributed by atoms with Gasteiger partial charge in [-0.1, -0.05) is 59.7 Å². The first-order chi connectivity index (χ1) is 11.5. The van der Waals surface area contributed by atoms with Crippen molar-refractivity contribution in [3.63, 3.8) is 0 Å². The lowest BCUT2D eigenvalue weighted by molar-refractivity contribution is 0.423. The van der Waals surface area contributed by atoms with Gasteiger partial charge < -0.3 is 10.1 Å². The van der Waals surface area contributed by atoms with E-state index in [2.05, 4.69) is 89.8 Å². The number of aryl methyl sites for hydroxylation is 1. The number of hydrogen-bond donors (Lipinski definition) is 2. The van der Waals surface area contributed by atoms with Crippen LogP contribution in [0.3, 0.4) is 0 Å². The van der Waals surface area contributed by atoms with E-state index < -0.39 is 0 Å². The second-order valence-corrected chi connectivity index (χ2v) is 9.09. The van der Waals surface area contributed by atoms with Crippen LogP contribution >= 0.6 is 0 Å². The number of benzene rings is 2. The van der Waals surface area contributed by atoms with Crippen LogP contribution in [0.25, 0.3) is 22.2 Å². The molecule has 2 nitrogen and oxygen atoms in total. The Morgan fingerprint density at radius 1 is 0.840 bits per heavy atom. The van der Waals surface area contributed by atoms with Crippen LogP contribution in [-0.2, 0) is 10.8 Å². The van der Waals surface area contributed by atoms with E-state index >= 15 is 0 Å². The number of hydrogen-bond acceptors (Lipinski definition) is 1. The van der Waals surface area contributed by atoms with Crippen LogP contribution < -0.4 is 0 Å². The van der Waals surface area contributed by atoms with Crippen LogP contribution in [0, 0.1) is 6.92 Å². The van der Waals surface area contributed by atoms with Gasteiger partial charge in [-0.15, -0.1) is 0 Å². The first-order valence-electron chi connectivity index (χ1n) is 8.96.